The minimum Gasteiger partial charge on any atom is -0.481 e. The zero-order valence-corrected chi connectivity index (χ0v) is 29.1. The maximum Gasteiger partial charge on any atom is 0.338 e. The number of carbonyl (C=O) groups is 4. The topological polar surface area (TPSA) is 324 Å². The molecule has 21 heteroatoms. The molecule has 14 atom stereocenters. The van der Waals surface area contributed by atoms with Crippen molar-refractivity contribution < 1.29 is 103 Å². The number of hydrogen-bond donors (Lipinski definition) is 9. The molecular formula is C33H44O21. The Labute approximate surface area is 306 Å². The van der Waals surface area contributed by atoms with E-state index in [0.29, 0.717) is 0 Å². The third kappa shape index (κ3) is 9.09. The fourth-order valence-electron chi connectivity index (χ4n) is 6.40. The number of ether oxygens (including phenoxy) is 8. The van der Waals surface area contributed by atoms with Crippen LogP contribution in [0.1, 0.15) is 26.7 Å². The quantitative estimate of drug-likeness (QED) is 0.0660. The molecule has 4 heterocycles. The van der Waals surface area contributed by atoms with Crippen molar-refractivity contribution in [2.75, 3.05) is 20.3 Å². The molecule has 302 valence electrons. The van der Waals surface area contributed by atoms with Gasteiger partial charge in [0, 0.05) is 23.0 Å². The van der Waals surface area contributed by atoms with Crippen molar-refractivity contribution in [3.05, 3.63) is 47.0 Å². The molecule has 21 nitrogen and oxygen atoms in total. The number of esters is 2. The SMILES string of the molecule is C/C=C1\C(OC2O[C@@H](CO)[C@H](O)[C@@H](O)[C@@H]2O)OC=C(C(=O)O[C@@H]2[C@@H](O)[C@H](CO)OC(OC3OC=C(C(=O)OC)[C@H](CC(=O)O)/C3=C/C)[C@H]2O)[C@@H]1CC(=O)O. The maximum atomic E-state index is 13.7. The smallest absolute Gasteiger partial charge is 0.338 e. The molecule has 2 saturated heterocycles. The molecular weight excluding hydrogens is 732 g/mol. The van der Waals surface area contributed by atoms with Gasteiger partial charge in [-0.25, -0.2) is 9.59 Å². The summed E-state index contributed by atoms with van der Waals surface area (Å²) in [7, 11) is 1.09. The molecule has 0 radical (unpaired) electrons. The van der Waals surface area contributed by atoms with Crippen LogP contribution in [-0.4, -0.2) is 164 Å². The number of hydrogen-bond acceptors (Lipinski definition) is 19. The predicted molar refractivity (Wildman–Crippen MR) is 171 cm³/mol. The monoisotopic (exact) mass is 776 g/mol. The number of aliphatic carboxylic acids is 2. The van der Waals surface area contributed by atoms with Gasteiger partial charge in [0.1, 0.15) is 42.7 Å². The van der Waals surface area contributed by atoms with Crippen LogP contribution < -0.4 is 0 Å². The number of rotatable bonds is 13. The van der Waals surface area contributed by atoms with Crippen molar-refractivity contribution >= 4 is 23.9 Å². The van der Waals surface area contributed by atoms with E-state index in [1.807, 2.05) is 0 Å². The summed E-state index contributed by atoms with van der Waals surface area (Å²) in [5, 5.41) is 91.6. The van der Waals surface area contributed by atoms with Crippen molar-refractivity contribution in [2.24, 2.45) is 11.8 Å². The van der Waals surface area contributed by atoms with Crippen LogP contribution in [-0.2, 0) is 57.1 Å². The lowest BCUT2D eigenvalue weighted by Gasteiger charge is -2.43. The van der Waals surface area contributed by atoms with Crippen LogP contribution in [0.15, 0.2) is 47.0 Å². The number of methoxy groups -OCH3 is 1. The largest absolute Gasteiger partial charge is 0.481 e. The summed E-state index contributed by atoms with van der Waals surface area (Å²) < 4.78 is 43.6. The molecule has 0 aliphatic carbocycles. The number of carbonyl (C=O) groups excluding carboxylic acids is 2. The van der Waals surface area contributed by atoms with Crippen molar-refractivity contribution in [1.29, 1.82) is 0 Å². The summed E-state index contributed by atoms with van der Waals surface area (Å²) in [6.45, 7) is 1.30. The molecule has 4 rings (SSSR count). The fourth-order valence-corrected chi connectivity index (χ4v) is 6.40. The Morgan fingerprint density at radius 3 is 1.54 bits per heavy atom. The second kappa shape index (κ2) is 18.6. The molecule has 4 aliphatic rings. The minimum atomic E-state index is -2.02. The van der Waals surface area contributed by atoms with E-state index in [9.17, 15) is 65.1 Å². The normalized spacial score (nSPS) is 38.4. The summed E-state index contributed by atoms with van der Waals surface area (Å²) in [5.41, 5.74) is -0.479. The molecule has 0 saturated carbocycles. The first-order valence-corrected chi connectivity index (χ1v) is 16.6. The van der Waals surface area contributed by atoms with Gasteiger partial charge in [-0.3, -0.25) is 9.59 Å². The van der Waals surface area contributed by atoms with E-state index < -0.39 is 141 Å². The number of aliphatic hydroxyl groups excluding tert-OH is 7. The van der Waals surface area contributed by atoms with E-state index in [1.165, 1.54) is 26.0 Å². The maximum absolute atomic E-state index is 13.7. The second-order valence-corrected chi connectivity index (χ2v) is 12.5. The van der Waals surface area contributed by atoms with Crippen LogP contribution in [0.2, 0.25) is 0 Å². The van der Waals surface area contributed by atoms with Gasteiger partial charge in [0.25, 0.3) is 0 Å². The predicted octanol–water partition coefficient (Wildman–Crippen LogP) is -3.10. The van der Waals surface area contributed by atoms with Gasteiger partial charge >= 0.3 is 23.9 Å². The number of allylic oxidation sites excluding steroid dienone is 2. The molecule has 4 aliphatic heterocycles. The Morgan fingerprint density at radius 1 is 0.667 bits per heavy atom. The van der Waals surface area contributed by atoms with Gasteiger partial charge in [0.2, 0.25) is 12.6 Å². The summed E-state index contributed by atoms with van der Waals surface area (Å²) in [6, 6.07) is 0. The first-order chi connectivity index (χ1) is 25.6. The average molecular weight is 777 g/mol. The van der Waals surface area contributed by atoms with Crippen LogP contribution in [0.25, 0.3) is 0 Å². The van der Waals surface area contributed by atoms with Crippen molar-refractivity contribution in [3.8, 4) is 0 Å². The Bertz CT molecular complexity index is 1500. The number of carboxylic acids is 2. The molecule has 0 spiro atoms. The van der Waals surface area contributed by atoms with Crippen LogP contribution in [0.4, 0.5) is 0 Å². The first-order valence-electron chi connectivity index (χ1n) is 16.6. The highest BCUT2D eigenvalue weighted by molar-refractivity contribution is 5.91. The van der Waals surface area contributed by atoms with Gasteiger partial charge < -0.3 is 83.9 Å². The average Bonchev–Trinajstić information content (AvgIpc) is 3.13. The molecule has 0 amide bonds. The van der Waals surface area contributed by atoms with Gasteiger partial charge in [-0.05, 0) is 13.8 Å². The van der Waals surface area contributed by atoms with Crippen molar-refractivity contribution in [1.82, 2.24) is 0 Å². The van der Waals surface area contributed by atoms with Gasteiger partial charge in [-0.15, -0.1) is 0 Å². The summed E-state index contributed by atoms with van der Waals surface area (Å²) in [6.07, 6.45) is -17.5. The summed E-state index contributed by atoms with van der Waals surface area (Å²) in [5.74, 6) is -7.32. The van der Waals surface area contributed by atoms with Crippen molar-refractivity contribution in [2.45, 2.75) is 101 Å². The van der Waals surface area contributed by atoms with Crippen molar-refractivity contribution in [3.63, 3.8) is 0 Å². The van der Waals surface area contributed by atoms with E-state index in [2.05, 4.69) is 0 Å². The highest BCUT2D eigenvalue weighted by Crippen LogP contribution is 2.39. The minimum absolute atomic E-state index is 0.00467. The summed E-state index contributed by atoms with van der Waals surface area (Å²) in [4.78, 5) is 49.7. The van der Waals surface area contributed by atoms with Crippen LogP contribution >= 0.6 is 0 Å². The van der Waals surface area contributed by atoms with Gasteiger partial charge in [0.15, 0.2) is 18.7 Å². The standard InChI is InChI=1S/C33H44O21/c1-4-12-14(6-20(36)37)16(28(45)47-3)10-48-31(12)54-33-26(44)27(23(41)19(9-35)51-33)52-29(46)17-11-49-30(13(5-2)15(17)7-21(38)39)53-32-25(43)24(42)22(40)18(8-34)50-32/h4-5,10-11,14-15,18-19,22-27,30-35,40-44H,6-9H2,1-3H3,(H,36,37)(H,38,39)/b12-4-,13-5-/t14-,15-,18+,19+,22+,23+,24-,25+,26+,27-,30?,31?,32?,33?/m1/s1. The molecule has 54 heavy (non-hydrogen) atoms. The lowest BCUT2D eigenvalue weighted by molar-refractivity contribution is -0.329. The highest BCUT2D eigenvalue weighted by atomic mass is 16.8. The van der Waals surface area contributed by atoms with Gasteiger partial charge in [-0.1, -0.05) is 12.2 Å². The Hall–Kier alpha value is -4.00. The molecule has 0 aromatic heterocycles. The molecule has 2 fully saturated rings. The fraction of sp³-hybridized carbons (Fsp3) is 0.636. The molecule has 9 N–H and O–H groups in total. The first kappa shape index (κ1) is 42.7. The van der Waals surface area contributed by atoms with E-state index in [0.717, 1.165) is 19.6 Å². The summed E-state index contributed by atoms with van der Waals surface area (Å²) >= 11 is 0. The van der Waals surface area contributed by atoms with E-state index in [-0.39, 0.29) is 16.7 Å². The van der Waals surface area contributed by atoms with E-state index in [4.69, 9.17) is 37.9 Å². The molecule has 0 aromatic rings. The number of carboxylic acid groups (broad SMARTS) is 2. The zero-order valence-electron chi connectivity index (χ0n) is 29.1. The highest BCUT2D eigenvalue weighted by Gasteiger charge is 2.51. The lowest BCUT2D eigenvalue weighted by atomic mass is 9.86. The third-order valence-corrected chi connectivity index (χ3v) is 9.25. The third-order valence-electron chi connectivity index (χ3n) is 9.25. The molecule has 0 aromatic carbocycles. The van der Waals surface area contributed by atoms with E-state index in [1.54, 1.807) is 0 Å². The van der Waals surface area contributed by atoms with Crippen LogP contribution in [0.3, 0.4) is 0 Å². The lowest BCUT2D eigenvalue weighted by Crippen LogP contribution is -2.61. The Morgan fingerprint density at radius 2 is 1.11 bits per heavy atom. The second-order valence-electron chi connectivity index (χ2n) is 12.5. The van der Waals surface area contributed by atoms with Gasteiger partial charge in [-0.2, -0.15) is 0 Å². The zero-order chi connectivity index (χ0) is 40.0. The van der Waals surface area contributed by atoms with Crippen LogP contribution in [0.5, 0.6) is 0 Å². The molecule has 0 bridgehead atoms. The Kier molecular flexibility index (Phi) is 14.7. The van der Waals surface area contributed by atoms with Gasteiger partial charge in [0.05, 0.1) is 56.8 Å². The molecule has 4 unspecified atom stereocenters. The number of aliphatic hydroxyl groups is 7. The van der Waals surface area contributed by atoms with Crippen LogP contribution in [0, 0.1) is 11.8 Å². The Balaban J connectivity index is 1.57. The van der Waals surface area contributed by atoms with E-state index >= 15 is 0 Å².